The quantitative estimate of drug-likeness (QED) is 0.293. The van der Waals surface area contributed by atoms with E-state index in [2.05, 4.69) is 18.2 Å². The van der Waals surface area contributed by atoms with Crippen LogP contribution in [0.1, 0.15) is 27.7 Å². The van der Waals surface area contributed by atoms with Crippen LogP contribution in [0.2, 0.25) is 0 Å². The number of benzene rings is 4. The summed E-state index contributed by atoms with van der Waals surface area (Å²) < 4.78 is 6.02. The summed E-state index contributed by atoms with van der Waals surface area (Å²) in [7, 11) is 1.73. The van der Waals surface area contributed by atoms with Gasteiger partial charge < -0.3 is 9.76 Å². The molecule has 0 bridgehead atoms. The van der Waals surface area contributed by atoms with Crippen molar-refractivity contribution in [1.29, 1.82) is 0 Å². The number of aliphatic hydroxyl groups is 1. The van der Waals surface area contributed by atoms with Gasteiger partial charge in [-0.15, -0.1) is 0 Å². The third kappa shape index (κ3) is 5.31. The van der Waals surface area contributed by atoms with Gasteiger partial charge >= 0.3 is 7.48 Å². The van der Waals surface area contributed by atoms with Crippen molar-refractivity contribution in [2.75, 3.05) is 0 Å². The van der Waals surface area contributed by atoms with E-state index in [1.54, 1.807) is 21.3 Å². The minimum atomic E-state index is -0.993. The Kier molecular flexibility index (Phi) is 6.63. The number of rotatable bonds is 7. The lowest BCUT2D eigenvalue weighted by atomic mass is 9.80. The van der Waals surface area contributed by atoms with Crippen molar-refractivity contribution in [3.63, 3.8) is 0 Å². The molecule has 0 saturated carbocycles. The summed E-state index contributed by atoms with van der Waals surface area (Å²) in [4.78, 5) is 14.5. The van der Waals surface area contributed by atoms with Crippen LogP contribution in [0.15, 0.2) is 97.1 Å². The minimum absolute atomic E-state index is 0.614. The van der Waals surface area contributed by atoms with Crippen LogP contribution in [-0.2, 0) is 4.65 Å². The highest BCUT2D eigenvalue weighted by Crippen LogP contribution is 2.27. The van der Waals surface area contributed by atoms with E-state index in [0.717, 1.165) is 32.9 Å². The average Bonchev–Trinajstić information content (AvgIpc) is 2.91. The van der Waals surface area contributed by atoms with Gasteiger partial charge in [0, 0.05) is 16.7 Å². The van der Waals surface area contributed by atoms with Gasteiger partial charge in [-0.25, -0.2) is 15.0 Å². The van der Waals surface area contributed by atoms with Crippen molar-refractivity contribution in [1.82, 2.24) is 15.0 Å². The molecule has 5 aromatic rings. The van der Waals surface area contributed by atoms with Crippen LogP contribution in [0.5, 0.6) is 0 Å². The summed E-state index contributed by atoms with van der Waals surface area (Å²) in [6.45, 7) is 7.25. The van der Waals surface area contributed by atoms with Gasteiger partial charge in [0.05, 0.1) is 11.2 Å². The Morgan fingerprint density at radius 1 is 0.622 bits per heavy atom. The minimum Gasteiger partial charge on any atom is -0.427 e. The lowest BCUT2D eigenvalue weighted by Gasteiger charge is -2.37. The van der Waals surface area contributed by atoms with Crippen LogP contribution >= 0.6 is 0 Å². The zero-order chi connectivity index (χ0) is 26.0. The first-order valence-electron chi connectivity index (χ1n) is 12.3. The van der Waals surface area contributed by atoms with Crippen molar-refractivity contribution in [2.24, 2.45) is 0 Å². The van der Waals surface area contributed by atoms with Gasteiger partial charge in [-0.05, 0) is 50.0 Å². The Morgan fingerprint density at radius 2 is 1.16 bits per heavy atom. The van der Waals surface area contributed by atoms with Gasteiger partial charge in [0.2, 0.25) is 0 Å². The summed E-state index contributed by atoms with van der Waals surface area (Å²) in [5.41, 5.74) is 1.97. The number of fused-ring (bicyclic) bond motifs is 1. The number of hydrogen-bond acceptors (Lipinski definition) is 5. The van der Waals surface area contributed by atoms with Crippen LogP contribution in [0, 0.1) is 0 Å². The molecule has 1 radical (unpaired) electrons. The summed E-state index contributed by atoms with van der Waals surface area (Å²) in [6, 6.07) is 32.2. The van der Waals surface area contributed by atoms with Gasteiger partial charge in [-0.3, -0.25) is 0 Å². The second-order valence-electron chi connectivity index (χ2n) is 10.1. The Labute approximate surface area is 218 Å². The number of hydrogen-bond donors (Lipinski definition) is 1. The second-order valence-corrected chi connectivity index (χ2v) is 10.1. The van der Waals surface area contributed by atoms with E-state index in [1.807, 2.05) is 92.7 Å². The Bertz CT molecular complexity index is 1470. The molecular weight excluding hydrogens is 457 g/mol. The highest BCUT2D eigenvalue weighted by atomic mass is 16.5. The van der Waals surface area contributed by atoms with Crippen molar-refractivity contribution in [2.45, 2.75) is 38.9 Å². The molecule has 0 saturated heterocycles. The molecule has 5 nitrogen and oxygen atoms in total. The Morgan fingerprint density at radius 3 is 1.70 bits per heavy atom. The van der Waals surface area contributed by atoms with E-state index in [4.69, 9.17) is 19.6 Å². The maximum atomic E-state index is 10.4. The van der Waals surface area contributed by atoms with Gasteiger partial charge in [0.1, 0.15) is 0 Å². The normalized spacial score (nSPS) is 12.0. The maximum Gasteiger partial charge on any atom is 0.331 e. The second kappa shape index (κ2) is 9.89. The molecule has 0 aliphatic heterocycles. The SMILES string of the molecule is CC(C)(O)C(C)(C)O[B]c1cccc2cc(-c3nc(-c4ccccc4)nc(-c4ccccc4)n3)ccc12. The van der Waals surface area contributed by atoms with E-state index in [0.29, 0.717) is 17.5 Å². The molecule has 0 atom stereocenters. The van der Waals surface area contributed by atoms with Crippen molar-refractivity contribution >= 4 is 23.7 Å². The van der Waals surface area contributed by atoms with E-state index < -0.39 is 11.2 Å². The zero-order valence-electron chi connectivity index (χ0n) is 21.5. The molecule has 1 aromatic heterocycles. The molecule has 0 spiro atoms. The molecule has 0 amide bonds. The number of aromatic nitrogens is 3. The summed E-state index contributed by atoms with van der Waals surface area (Å²) in [6.07, 6.45) is 0. The highest BCUT2D eigenvalue weighted by Gasteiger charge is 2.35. The van der Waals surface area contributed by atoms with Gasteiger partial charge in [0.15, 0.2) is 17.5 Å². The fourth-order valence-corrected chi connectivity index (χ4v) is 3.84. The van der Waals surface area contributed by atoms with Crippen LogP contribution in [0.4, 0.5) is 0 Å². The summed E-state index contributed by atoms with van der Waals surface area (Å²) in [5, 5.41) is 12.5. The largest absolute Gasteiger partial charge is 0.427 e. The topological polar surface area (TPSA) is 68.1 Å². The van der Waals surface area contributed by atoms with Crippen LogP contribution < -0.4 is 5.46 Å². The smallest absolute Gasteiger partial charge is 0.331 e. The van der Waals surface area contributed by atoms with E-state index in [-0.39, 0.29) is 0 Å². The van der Waals surface area contributed by atoms with Gasteiger partial charge in [-0.1, -0.05) is 91.0 Å². The summed E-state index contributed by atoms with van der Waals surface area (Å²) >= 11 is 0. The lowest BCUT2D eigenvalue weighted by Crippen LogP contribution is -2.49. The molecule has 1 N–H and O–H groups in total. The molecule has 6 heteroatoms. The lowest BCUT2D eigenvalue weighted by molar-refractivity contribution is -0.0893. The fourth-order valence-electron chi connectivity index (χ4n) is 3.84. The molecule has 4 aromatic carbocycles. The molecule has 0 aliphatic rings. The van der Waals surface area contributed by atoms with Crippen LogP contribution in [0.3, 0.4) is 0 Å². The third-order valence-electron chi connectivity index (χ3n) is 6.83. The maximum absolute atomic E-state index is 10.4. The molecule has 0 unspecified atom stereocenters. The molecule has 37 heavy (non-hydrogen) atoms. The van der Waals surface area contributed by atoms with E-state index in [1.165, 1.54) is 0 Å². The van der Waals surface area contributed by atoms with Gasteiger partial charge in [0.25, 0.3) is 0 Å². The van der Waals surface area contributed by atoms with Gasteiger partial charge in [-0.2, -0.15) is 0 Å². The summed E-state index contributed by atoms with van der Waals surface area (Å²) in [5.74, 6) is 1.88. The predicted molar refractivity (Wildman–Crippen MR) is 150 cm³/mol. The standard InChI is InChI=1S/C31H29BN3O2/c1-30(2,36)31(3,4)37-32-26-17-11-16-23-20-24(18-19-25(23)26)29-34-27(21-12-7-5-8-13-21)33-28(35-29)22-14-9-6-10-15-22/h5-20,36H,1-4H3. The van der Waals surface area contributed by atoms with Crippen LogP contribution in [-0.4, -0.2) is 38.7 Å². The first kappa shape index (κ1) is 24.8. The Balaban J connectivity index is 1.55. The third-order valence-corrected chi connectivity index (χ3v) is 6.83. The molecule has 5 rings (SSSR count). The van der Waals surface area contributed by atoms with Crippen molar-refractivity contribution in [3.05, 3.63) is 97.1 Å². The monoisotopic (exact) mass is 486 g/mol. The molecule has 1 heterocycles. The first-order chi connectivity index (χ1) is 17.7. The zero-order valence-corrected chi connectivity index (χ0v) is 21.5. The fraction of sp³-hybridized carbons (Fsp3) is 0.194. The van der Waals surface area contributed by atoms with Crippen molar-refractivity contribution < 1.29 is 9.76 Å². The Hall–Kier alpha value is -3.87. The molecule has 183 valence electrons. The molecule has 0 fully saturated rings. The van der Waals surface area contributed by atoms with Crippen LogP contribution in [0.25, 0.3) is 44.9 Å². The predicted octanol–water partition coefficient (Wildman–Crippen LogP) is 5.84. The number of nitrogens with zero attached hydrogens (tertiary/aromatic N) is 3. The van der Waals surface area contributed by atoms with E-state index >= 15 is 0 Å². The van der Waals surface area contributed by atoms with Crippen molar-refractivity contribution in [3.8, 4) is 34.2 Å². The highest BCUT2D eigenvalue weighted by molar-refractivity contribution is 6.51. The first-order valence-corrected chi connectivity index (χ1v) is 12.3. The molecule has 0 aliphatic carbocycles. The molecular formula is C31H29BN3O2. The average molecular weight is 486 g/mol. The van der Waals surface area contributed by atoms with E-state index in [9.17, 15) is 5.11 Å².